The van der Waals surface area contributed by atoms with E-state index in [9.17, 15) is 4.79 Å². The number of nitrogens with one attached hydrogen (secondary N) is 1. The lowest BCUT2D eigenvalue weighted by atomic mass is 9.90. The number of nitrogens with zero attached hydrogens (tertiary/aromatic N) is 1. The molecule has 2 rings (SSSR count). The number of carbonyl (C=O) groups is 1. The molecule has 5 heteroatoms. The fourth-order valence-corrected chi connectivity index (χ4v) is 2.59. The van der Waals surface area contributed by atoms with Crippen molar-refractivity contribution in [3.8, 4) is 0 Å². The first-order chi connectivity index (χ1) is 9.06. The van der Waals surface area contributed by atoms with Gasteiger partial charge in [-0.25, -0.2) is 0 Å². The Kier molecular flexibility index (Phi) is 5.99. The molecule has 20 heavy (non-hydrogen) atoms. The van der Waals surface area contributed by atoms with Crippen LogP contribution < -0.4 is 11.1 Å². The van der Waals surface area contributed by atoms with Gasteiger partial charge in [0.15, 0.2) is 0 Å². The molecule has 0 bridgehead atoms. The molecule has 1 fully saturated rings. The molecule has 1 aromatic rings. The van der Waals surface area contributed by atoms with Crippen LogP contribution in [-0.2, 0) is 6.54 Å². The van der Waals surface area contributed by atoms with Crippen molar-refractivity contribution in [2.45, 2.75) is 19.9 Å². The summed E-state index contributed by atoms with van der Waals surface area (Å²) < 4.78 is 0. The third-order valence-electron chi connectivity index (χ3n) is 3.98. The Hall–Kier alpha value is -1.10. The van der Waals surface area contributed by atoms with E-state index in [4.69, 9.17) is 5.73 Å². The normalized spacial score (nSPS) is 22.4. The van der Waals surface area contributed by atoms with Crippen LogP contribution in [0.1, 0.15) is 29.3 Å². The Morgan fingerprint density at radius 3 is 2.55 bits per heavy atom. The summed E-state index contributed by atoms with van der Waals surface area (Å²) in [6.45, 7) is 6.09. The zero-order valence-corrected chi connectivity index (χ0v) is 13.0. The molecule has 1 unspecified atom stereocenters. The van der Waals surface area contributed by atoms with Crippen molar-refractivity contribution in [1.29, 1.82) is 0 Å². The van der Waals surface area contributed by atoms with Crippen LogP contribution in [0.15, 0.2) is 24.3 Å². The third-order valence-corrected chi connectivity index (χ3v) is 3.98. The molecule has 0 aliphatic carbocycles. The largest absolute Gasteiger partial charge is 0.355 e. The minimum Gasteiger partial charge on any atom is -0.355 e. The van der Waals surface area contributed by atoms with E-state index in [1.807, 2.05) is 24.3 Å². The number of likely N-dealkylation sites (tertiary alicyclic amines) is 1. The Bertz CT molecular complexity index is 449. The number of hydrogen-bond acceptors (Lipinski definition) is 3. The predicted molar refractivity (Wildman–Crippen MR) is 84.1 cm³/mol. The molecule has 0 saturated carbocycles. The lowest BCUT2D eigenvalue weighted by molar-refractivity contribution is 0.0963. The minimum absolute atomic E-state index is 0. The smallest absolute Gasteiger partial charge is 0.251 e. The van der Waals surface area contributed by atoms with Gasteiger partial charge in [-0.05, 0) is 42.6 Å². The van der Waals surface area contributed by atoms with E-state index in [0.29, 0.717) is 5.56 Å². The van der Waals surface area contributed by atoms with Crippen molar-refractivity contribution < 1.29 is 4.79 Å². The summed E-state index contributed by atoms with van der Waals surface area (Å²) in [6, 6.07) is 7.82. The van der Waals surface area contributed by atoms with Crippen LogP contribution in [0.2, 0.25) is 0 Å². The first kappa shape index (κ1) is 17.0. The molecule has 1 heterocycles. The molecular formula is C15H24ClN3O. The second kappa shape index (κ2) is 7.07. The van der Waals surface area contributed by atoms with Crippen molar-refractivity contribution in [2.75, 3.05) is 26.7 Å². The first-order valence-corrected chi connectivity index (χ1v) is 6.80. The topological polar surface area (TPSA) is 58.4 Å². The summed E-state index contributed by atoms with van der Waals surface area (Å²) in [5.74, 6) is -0.0385. The van der Waals surface area contributed by atoms with E-state index in [1.165, 1.54) is 12.0 Å². The molecule has 3 N–H and O–H groups in total. The molecule has 0 aromatic heterocycles. The number of nitrogens with two attached hydrogens (primary N) is 1. The van der Waals surface area contributed by atoms with Crippen molar-refractivity contribution in [2.24, 2.45) is 11.1 Å². The highest BCUT2D eigenvalue weighted by molar-refractivity contribution is 5.93. The average Bonchev–Trinajstić information content (AvgIpc) is 2.81. The molecule has 1 aliphatic heterocycles. The zero-order chi connectivity index (χ0) is 13.9. The summed E-state index contributed by atoms with van der Waals surface area (Å²) in [4.78, 5) is 13.9. The summed E-state index contributed by atoms with van der Waals surface area (Å²) in [6.07, 6.45) is 1.17. The first-order valence-electron chi connectivity index (χ1n) is 6.80. The van der Waals surface area contributed by atoms with Gasteiger partial charge in [0.1, 0.15) is 0 Å². The predicted octanol–water partition coefficient (Wildman–Crippen LogP) is 1.64. The van der Waals surface area contributed by atoms with Crippen molar-refractivity contribution in [3.63, 3.8) is 0 Å². The van der Waals surface area contributed by atoms with Crippen molar-refractivity contribution in [3.05, 3.63) is 35.4 Å². The molecule has 0 radical (unpaired) electrons. The number of amides is 1. The van der Waals surface area contributed by atoms with Crippen molar-refractivity contribution in [1.82, 2.24) is 10.2 Å². The van der Waals surface area contributed by atoms with Crippen LogP contribution in [0.3, 0.4) is 0 Å². The maximum Gasteiger partial charge on any atom is 0.251 e. The van der Waals surface area contributed by atoms with Crippen LogP contribution in [0.5, 0.6) is 0 Å². The molecular weight excluding hydrogens is 274 g/mol. The Morgan fingerprint density at radius 1 is 1.40 bits per heavy atom. The minimum atomic E-state index is -0.0385. The van der Waals surface area contributed by atoms with Gasteiger partial charge in [0.2, 0.25) is 0 Å². The highest BCUT2D eigenvalue weighted by Crippen LogP contribution is 2.29. The summed E-state index contributed by atoms with van der Waals surface area (Å²) in [5, 5.41) is 2.63. The van der Waals surface area contributed by atoms with Gasteiger partial charge in [0, 0.05) is 25.7 Å². The van der Waals surface area contributed by atoms with Gasteiger partial charge < -0.3 is 11.1 Å². The SMILES string of the molecule is CNC(=O)c1ccc(CN2CCC(C)(CN)C2)cc1.Cl. The van der Waals surface area contributed by atoms with E-state index in [0.717, 1.165) is 26.2 Å². The summed E-state index contributed by atoms with van der Waals surface area (Å²) in [5.41, 5.74) is 8.04. The highest BCUT2D eigenvalue weighted by Gasteiger charge is 2.32. The fraction of sp³-hybridized carbons (Fsp3) is 0.533. The molecule has 112 valence electrons. The van der Waals surface area contributed by atoms with Gasteiger partial charge in [-0.1, -0.05) is 19.1 Å². The Labute approximate surface area is 127 Å². The molecule has 4 nitrogen and oxygen atoms in total. The Balaban J connectivity index is 0.00000200. The van der Waals surface area contributed by atoms with Crippen LogP contribution in [0.4, 0.5) is 0 Å². The van der Waals surface area contributed by atoms with Crippen LogP contribution in [0, 0.1) is 5.41 Å². The van der Waals surface area contributed by atoms with Gasteiger partial charge in [-0.2, -0.15) is 0 Å². The van der Waals surface area contributed by atoms with Gasteiger partial charge >= 0.3 is 0 Å². The monoisotopic (exact) mass is 297 g/mol. The van der Waals surface area contributed by atoms with Crippen molar-refractivity contribution >= 4 is 18.3 Å². The molecule has 1 amide bonds. The van der Waals surface area contributed by atoms with Gasteiger partial charge in [0.25, 0.3) is 5.91 Å². The quantitative estimate of drug-likeness (QED) is 0.888. The molecule has 1 atom stereocenters. The fourth-order valence-electron chi connectivity index (χ4n) is 2.59. The Morgan fingerprint density at radius 2 is 2.05 bits per heavy atom. The second-order valence-electron chi connectivity index (χ2n) is 5.75. The van der Waals surface area contributed by atoms with Gasteiger partial charge in [-0.15, -0.1) is 12.4 Å². The van der Waals surface area contributed by atoms with E-state index in [1.54, 1.807) is 7.05 Å². The van der Waals surface area contributed by atoms with Crippen LogP contribution in [0.25, 0.3) is 0 Å². The van der Waals surface area contributed by atoms with E-state index < -0.39 is 0 Å². The number of halogens is 1. The number of hydrogen-bond donors (Lipinski definition) is 2. The maximum atomic E-state index is 11.5. The van der Waals surface area contributed by atoms with E-state index in [-0.39, 0.29) is 23.7 Å². The third kappa shape index (κ3) is 3.95. The number of carbonyl (C=O) groups excluding carboxylic acids is 1. The van der Waals surface area contributed by atoms with E-state index >= 15 is 0 Å². The maximum absolute atomic E-state index is 11.5. The summed E-state index contributed by atoms with van der Waals surface area (Å²) >= 11 is 0. The molecule has 1 saturated heterocycles. The molecule has 1 aliphatic rings. The van der Waals surface area contributed by atoms with Crippen LogP contribution in [-0.4, -0.2) is 37.5 Å². The highest BCUT2D eigenvalue weighted by atomic mass is 35.5. The number of benzene rings is 1. The lowest BCUT2D eigenvalue weighted by Crippen LogP contribution is -2.31. The summed E-state index contributed by atoms with van der Waals surface area (Å²) in [7, 11) is 1.65. The van der Waals surface area contributed by atoms with E-state index in [2.05, 4.69) is 17.1 Å². The standard InChI is InChI=1S/C15H23N3O.ClH/c1-15(10-16)7-8-18(11-15)9-12-3-5-13(6-4-12)14(19)17-2;/h3-6H,7-11,16H2,1-2H3,(H,17,19);1H. The average molecular weight is 298 g/mol. The molecule has 1 aromatic carbocycles. The van der Waals surface area contributed by atoms with Crippen LogP contribution >= 0.6 is 12.4 Å². The lowest BCUT2D eigenvalue weighted by Gasteiger charge is -2.22. The molecule has 0 spiro atoms. The second-order valence-corrected chi connectivity index (χ2v) is 5.75. The van der Waals surface area contributed by atoms with Gasteiger partial charge in [-0.3, -0.25) is 9.69 Å². The zero-order valence-electron chi connectivity index (χ0n) is 12.2. The number of rotatable bonds is 4. The van der Waals surface area contributed by atoms with Gasteiger partial charge in [0.05, 0.1) is 0 Å².